The molecule has 7 nitrogen and oxygen atoms in total. The summed E-state index contributed by atoms with van der Waals surface area (Å²) in [4.78, 5) is 13.6. The molecule has 3 rings (SSSR count). The second kappa shape index (κ2) is 5.55. The highest BCUT2D eigenvalue weighted by Gasteiger charge is 2.35. The van der Waals surface area contributed by atoms with E-state index in [0.29, 0.717) is 24.4 Å². The molecule has 8 heteroatoms. The lowest BCUT2D eigenvalue weighted by Gasteiger charge is -2.21. The van der Waals surface area contributed by atoms with E-state index in [2.05, 4.69) is 15.5 Å². The van der Waals surface area contributed by atoms with Crippen molar-refractivity contribution >= 4 is 11.9 Å². The third-order valence-corrected chi connectivity index (χ3v) is 3.41. The van der Waals surface area contributed by atoms with E-state index >= 15 is 0 Å². The van der Waals surface area contributed by atoms with Crippen molar-refractivity contribution in [2.75, 3.05) is 18.0 Å². The number of hydrogen-bond donors (Lipinski definition) is 1. The van der Waals surface area contributed by atoms with Crippen LogP contribution in [-0.4, -0.2) is 41.4 Å². The summed E-state index contributed by atoms with van der Waals surface area (Å²) in [6.45, 7) is 2.16. The number of nitrogens with zero attached hydrogens (tertiary/aromatic N) is 3. The molecule has 3 heterocycles. The van der Waals surface area contributed by atoms with Crippen LogP contribution in [0.5, 0.6) is 0 Å². The molecule has 0 saturated carbocycles. The molecule has 2 aromatic heterocycles. The maximum atomic E-state index is 13.7. The molecule has 0 spiro atoms. The van der Waals surface area contributed by atoms with Crippen LogP contribution in [0.1, 0.15) is 22.7 Å². The zero-order chi connectivity index (χ0) is 14.8. The number of rotatable bonds is 4. The molecule has 1 fully saturated rings. The van der Waals surface area contributed by atoms with E-state index in [4.69, 9.17) is 8.83 Å². The Kier molecular flexibility index (Phi) is 3.59. The average Bonchev–Trinajstić information content (AvgIpc) is 3.16. The van der Waals surface area contributed by atoms with Gasteiger partial charge in [-0.05, 0) is 6.07 Å². The van der Waals surface area contributed by atoms with Crippen molar-refractivity contribution in [3.8, 4) is 0 Å². The number of carbonyl (C=O) groups excluding carboxylic acids is 1. The Balaban J connectivity index is 1.64. The Hall–Kier alpha value is -2.38. The van der Waals surface area contributed by atoms with Crippen LogP contribution in [0.3, 0.4) is 0 Å². The fourth-order valence-corrected chi connectivity index (χ4v) is 2.40. The zero-order valence-corrected chi connectivity index (χ0v) is 11.5. The Morgan fingerprint density at radius 2 is 2.43 bits per heavy atom. The van der Waals surface area contributed by atoms with Gasteiger partial charge in [-0.2, -0.15) is 0 Å². The maximum Gasteiger partial charge on any atom is 0.318 e. The molecule has 0 radical (unpaired) electrons. The number of amides is 1. The summed E-state index contributed by atoms with van der Waals surface area (Å²) >= 11 is 0. The van der Waals surface area contributed by atoms with Crippen molar-refractivity contribution in [1.29, 1.82) is 0 Å². The molecule has 0 unspecified atom stereocenters. The molecule has 2 aromatic rings. The van der Waals surface area contributed by atoms with Crippen LogP contribution in [0.25, 0.3) is 0 Å². The molecule has 0 aliphatic carbocycles. The van der Waals surface area contributed by atoms with Crippen LogP contribution in [0.15, 0.2) is 27.4 Å². The number of aromatic nitrogens is 2. The van der Waals surface area contributed by atoms with E-state index in [1.165, 1.54) is 12.5 Å². The summed E-state index contributed by atoms with van der Waals surface area (Å²) in [5.74, 6) is 0.168. The standard InChI is InChI=1S/C13H15FN4O3/c1-8-16-17-13(21-8)18-6-10(14)4-11(18)5-15-12(19)9-2-3-20-7-9/h2-3,7,10-11H,4-6H2,1H3,(H,15,19)/t10-,11-/m0/s1. The van der Waals surface area contributed by atoms with E-state index < -0.39 is 6.17 Å². The van der Waals surface area contributed by atoms with Gasteiger partial charge in [-0.1, -0.05) is 5.10 Å². The van der Waals surface area contributed by atoms with Crippen LogP contribution in [0.4, 0.5) is 10.4 Å². The summed E-state index contributed by atoms with van der Waals surface area (Å²) in [7, 11) is 0. The fraction of sp³-hybridized carbons (Fsp3) is 0.462. The van der Waals surface area contributed by atoms with Gasteiger partial charge in [-0.3, -0.25) is 4.79 Å². The lowest BCUT2D eigenvalue weighted by Crippen LogP contribution is -2.40. The minimum absolute atomic E-state index is 0.188. The molecule has 1 amide bonds. The van der Waals surface area contributed by atoms with Gasteiger partial charge in [-0.25, -0.2) is 4.39 Å². The quantitative estimate of drug-likeness (QED) is 0.915. The second-order valence-electron chi connectivity index (χ2n) is 4.96. The summed E-state index contributed by atoms with van der Waals surface area (Å²) in [5.41, 5.74) is 0.435. The summed E-state index contributed by atoms with van der Waals surface area (Å²) in [5, 5.41) is 10.4. The molecule has 0 aromatic carbocycles. The van der Waals surface area contributed by atoms with E-state index in [-0.39, 0.29) is 24.5 Å². The molecule has 2 atom stereocenters. The van der Waals surface area contributed by atoms with E-state index in [1.807, 2.05) is 0 Å². The first-order valence-electron chi connectivity index (χ1n) is 6.64. The van der Waals surface area contributed by atoms with Crippen LogP contribution in [-0.2, 0) is 0 Å². The number of halogens is 1. The third kappa shape index (κ3) is 2.88. The number of hydrogen-bond acceptors (Lipinski definition) is 6. The highest BCUT2D eigenvalue weighted by atomic mass is 19.1. The molecule has 1 N–H and O–H groups in total. The first kappa shape index (κ1) is 13.6. The van der Waals surface area contributed by atoms with Crippen LogP contribution >= 0.6 is 0 Å². The number of aryl methyl sites for hydroxylation is 1. The highest BCUT2D eigenvalue weighted by molar-refractivity contribution is 5.93. The normalized spacial score (nSPS) is 21.7. The predicted octanol–water partition coefficient (Wildman–Crippen LogP) is 1.32. The van der Waals surface area contributed by atoms with Crippen molar-refractivity contribution < 1.29 is 18.0 Å². The average molecular weight is 294 g/mol. The Morgan fingerprint density at radius 1 is 1.57 bits per heavy atom. The van der Waals surface area contributed by atoms with Crippen LogP contribution in [0.2, 0.25) is 0 Å². The number of anilines is 1. The lowest BCUT2D eigenvalue weighted by molar-refractivity contribution is 0.0950. The van der Waals surface area contributed by atoms with E-state index in [9.17, 15) is 9.18 Å². The number of alkyl halides is 1. The van der Waals surface area contributed by atoms with Gasteiger partial charge in [0, 0.05) is 19.9 Å². The Labute approximate surface area is 120 Å². The van der Waals surface area contributed by atoms with Gasteiger partial charge >= 0.3 is 6.01 Å². The Bertz CT molecular complexity index is 613. The topological polar surface area (TPSA) is 84.4 Å². The summed E-state index contributed by atoms with van der Waals surface area (Å²) in [6, 6.07) is 1.65. The number of furan rings is 1. The molecule has 0 bridgehead atoms. The fourth-order valence-electron chi connectivity index (χ4n) is 2.40. The molecule has 1 aliphatic rings. The molecular formula is C13H15FN4O3. The minimum atomic E-state index is -0.979. The van der Waals surface area contributed by atoms with Gasteiger partial charge in [0.05, 0.1) is 24.4 Å². The van der Waals surface area contributed by atoms with Crippen LogP contribution < -0.4 is 10.2 Å². The van der Waals surface area contributed by atoms with Gasteiger partial charge in [0.25, 0.3) is 5.91 Å². The van der Waals surface area contributed by atoms with Crippen molar-refractivity contribution in [2.24, 2.45) is 0 Å². The second-order valence-corrected chi connectivity index (χ2v) is 4.96. The predicted molar refractivity (Wildman–Crippen MR) is 70.7 cm³/mol. The molecule has 1 saturated heterocycles. The molecule has 1 aliphatic heterocycles. The molecule has 112 valence electrons. The maximum absolute atomic E-state index is 13.7. The first-order chi connectivity index (χ1) is 10.1. The van der Waals surface area contributed by atoms with Gasteiger partial charge in [0.15, 0.2) is 0 Å². The van der Waals surface area contributed by atoms with Gasteiger partial charge in [-0.15, -0.1) is 5.10 Å². The van der Waals surface area contributed by atoms with Crippen molar-refractivity contribution in [2.45, 2.75) is 25.6 Å². The van der Waals surface area contributed by atoms with Crippen molar-refractivity contribution in [3.05, 3.63) is 30.0 Å². The number of nitrogens with one attached hydrogen (secondary N) is 1. The first-order valence-corrected chi connectivity index (χ1v) is 6.64. The van der Waals surface area contributed by atoms with Crippen molar-refractivity contribution in [3.63, 3.8) is 0 Å². The lowest BCUT2D eigenvalue weighted by atomic mass is 10.2. The zero-order valence-electron chi connectivity index (χ0n) is 11.5. The van der Waals surface area contributed by atoms with E-state index in [0.717, 1.165) is 0 Å². The third-order valence-electron chi connectivity index (χ3n) is 3.41. The summed E-state index contributed by atoms with van der Waals surface area (Å²) < 4.78 is 23.8. The monoisotopic (exact) mass is 294 g/mol. The molecular weight excluding hydrogens is 279 g/mol. The van der Waals surface area contributed by atoms with Gasteiger partial charge in [0.2, 0.25) is 5.89 Å². The molecule has 21 heavy (non-hydrogen) atoms. The highest BCUT2D eigenvalue weighted by Crippen LogP contribution is 2.25. The van der Waals surface area contributed by atoms with Gasteiger partial charge < -0.3 is 19.1 Å². The van der Waals surface area contributed by atoms with Crippen LogP contribution in [0, 0.1) is 6.92 Å². The number of carbonyl (C=O) groups is 1. The largest absolute Gasteiger partial charge is 0.472 e. The summed E-state index contributed by atoms with van der Waals surface area (Å²) in [6.07, 6.45) is 2.12. The minimum Gasteiger partial charge on any atom is -0.472 e. The van der Waals surface area contributed by atoms with E-state index in [1.54, 1.807) is 17.9 Å². The van der Waals surface area contributed by atoms with Gasteiger partial charge in [0.1, 0.15) is 12.4 Å². The SMILES string of the molecule is Cc1nnc(N2C[C@@H](F)C[C@H]2CNC(=O)c2ccoc2)o1. The van der Waals surface area contributed by atoms with Crippen molar-refractivity contribution in [1.82, 2.24) is 15.5 Å². The Morgan fingerprint density at radius 3 is 3.10 bits per heavy atom. The smallest absolute Gasteiger partial charge is 0.318 e.